The number of aromatic nitrogens is 1. The van der Waals surface area contributed by atoms with E-state index in [1.54, 1.807) is 43.3 Å². The van der Waals surface area contributed by atoms with E-state index in [0.29, 0.717) is 26.9 Å². The Morgan fingerprint density at radius 1 is 1.10 bits per heavy atom. The molecule has 0 radical (unpaired) electrons. The Balaban J connectivity index is 1.78. The summed E-state index contributed by atoms with van der Waals surface area (Å²) in [6.45, 7) is 5.83. The highest BCUT2D eigenvalue weighted by Gasteiger charge is 2.24. The molecule has 0 spiro atoms. The normalized spacial score (nSPS) is 11.8. The standard InChI is InChI=1S/C23H23Cl2N3O3/c1-4-13(2)27-22(29)16-8-5-7-15(11-16)12-26-23(30)19-14(3)31-28-21(19)20-17(24)9-6-10-18(20)25/h5-11,13H,4,12H2,1-3H3,(H,26,30)(H,27,29). The van der Waals surface area contributed by atoms with Gasteiger partial charge in [0, 0.05) is 23.7 Å². The molecule has 2 N–H and O–H groups in total. The second-order valence-electron chi connectivity index (χ2n) is 7.22. The van der Waals surface area contributed by atoms with Gasteiger partial charge in [0.1, 0.15) is 17.0 Å². The van der Waals surface area contributed by atoms with Crippen molar-refractivity contribution in [2.24, 2.45) is 0 Å². The highest BCUT2D eigenvalue weighted by atomic mass is 35.5. The molecule has 31 heavy (non-hydrogen) atoms. The molecular formula is C23H23Cl2N3O3. The maximum Gasteiger partial charge on any atom is 0.257 e. The van der Waals surface area contributed by atoms with Gasteiger partial charge in [-0.05, 0) is 50.1 Å². The fourth-order valence-electron chi connectivity index (χ4n) is 3.04. The van der Waals surface area contributed by atoms with Crippen LogP contribution in [-0.2, 0) is 6.54 Å². The van der Waals surface area contributed by atoms with E-state index in [1.807, 2.05) is 19.9 Å². The average molecular weight is 460 g/mol. The first-order valence-electron chi connectivity index (χ1n) is 9.90. The van der Waals surface area contributed by atoms with E-state index < -0.39 is 0 Å². The molecule has 0 saturated carbocycles. The molecule has 1 unspecified atom stereocenters. The van der Waals surface area contributed by atoms with Crippen molar-refractivity contribution in [1.82, 2.24) is 15.8 Å². The summed E-state index contributed by atoms with van der Waals surface area (Å²) in [7, 11) is 0. The number of carbonyl (C=O) groups is 2. The summed E-state index contributed by atoms with van der Waals surface area (Å²) in [4.78, 5) is 25.3. The minimum Gasteiger partial charge on any atom is -0.360 e. The Labute approximate surface area is 190 Å². The molecule has 0 saturated heterocycles. The topological polar surface area (TPSA) is 84.2 Å². The van der Waals surface area contributed by atoms with Gasteiger partial charge in [0.15, 0.2) is 0 Å². The first-order valence-corrected chi connectivity index (χ1v) is 10.7. The number of rotatable bonds is 7. The molecule has 0 fully saturated rings. The van der Waals surface area contributed by atoms with E-state index in [-0.39, 0.29) is 35.7 Å². The Kier molecular flexibility index (Phi) is 7.36. The highest BCUT2D eigenvalue weighted by molar-refractivity contribution is 6.39. The number of benzene rings is 2. The molecule has 0 bridgehead atoms. The first-order chi connectivity index (χ1) is 14.8. The summed E-state index contributed by atoms with van der Waals surface area (Å²) in [5.74, 6) is -0.169. The van der Waals surface area contributed by atoms with Crippen LogP contribution < -0.4 is 10.6 Å². The fraction of sp³-hybridized carbons (Fsp3) is 0.261. The van der Waals surface area contributed by atoms with Crippen LogP contribution >= 0.6 is 23.2 Å². The number of nitrogens with one attached hydrogen (secondary N) is 2. The number of aryl methyl sites for hydroxylation is 1. The van der Waals surface area contributed by atoms with E-state index in [0.717, 1.165) is 12.0 Å². The second-order valence-corrected chi connectivity index (χ2v) is 8.04. The number of hydrogen-bond donors (Lipinski definition) is 2. The fourth-order valence-corrected chi connectivity index (χ4v) is 3.61. The molecule has 162 valence electrons. The Morgan fingerprint density at radius 3 is 2.45 bits per heavy atom. The third-order valence-electron chi connectivity index (χ3n) is 4.92. The molecule has 0 aliphatic rings. The molecule has 0 aliphatic carbocycles. The third kappa shape index (κ3) is 5.27. The van der Waals surface area contributed by atoms with Crippen LogP contribution in [0.15, 0.2) is 47.0 Å². The van der Waals surface area contributed by atoms with Gasteiger partial charge in [-0.25, -0.2) is 0 Å². The van der Waals surface area contributed by atoms with E-state index in [1.165, 1.54) is 0 Å². The molecular weight excluding hydrogens is 437 g/mol. The molecule has 2 amide bonds. The van der Waals surface area contributed by atoms with Crippen LogP contribution in [0.25, 0.3) is 11.3 Å². The van der Waals surface area contributed by atoms with Crippen molar-refractivity contribution in [1.29, 1.82) is 0 Å². The third-order valence-corrected chi connectivity index (χ3v) is 5.55. The summed E-state index contributed by atoms with van der Waals surface area (Å²) in [5.41, 5.74) is 2.32. The Hall–Kier alpha value is -2.83. The highest BCUT2D eigenvalue weighted by Crippen LogP contribution is 2.36. The van der Waals surface area contributed by atoms with Crippen molar-refractivity contribution in [3.63, 3.8) is 0 Å². The first kappa shape index (κ1) is 22.8. The van der Waals surface area contributed by atoms with Crippen molar-refractivity contribution in [2.75, 3.05) is 0 Å². The van der Waals surface area contributed by atoms with Crippen LogP contribution in [0.1, 0.15) is 52.3 Å². The summed E-state index contributed by atoms with van der Waals surface area (Å²) >= 11 is 12.6. The van der Waals surface area contributed by atoms with Gasteiger partial charge in [-0.3, -0.25) is 9.59 Å². The zero-order valence-corrected chi connectivity index (χ0v) is 19.0. The summed E-state index contributed by atoms with van der Waals surface area (Å²) in [6, 6.07) is 12.3. The number of amides is 2. The lowest BCUT2D eigenvalue weighted by Crippen LogP contribution is -2.32. The van der Waals surface area contributed by atoms with Crippen LogP contribution in [0.2, 0.25) is 10.0 Å². The molecule has 1 atom stereocenters. The van der Waals surface area contributed by atoms with Gasteiger partial charge >= 0.3 is 0 Å². The second kappa shape index (κ2) is 9.98. The molecule has 8 heteroatoms. The molecule has 2 aromatic carbocycles. The van der Waals surface area contributed by atoms with Gasteiger partial charge in [-0.1, -0.05) is 53.5 Å². The van der Waals surface area contributed by atoms with Crippen molar-refractivity contribution in [3.05, 3.63) is 75.0 Å². The molecule has 0 aliphatic heterocycles. The van der Waals surface area contributed by atoms with Crippen molar-refractivity contribution < 1.29 is 14.1 Å². The summed E-state index contributed by atoms with van der Waals surface area (Å²) in [5, 5.41) is 10.5. The SMILES string of the molecule is CCC(C)NC(=O)c1cccc(CNC(=O)c2c(-c3c(Cl)cccc3Cl)noc2C)c1. The minimum absolute atomic E-state index is 0.0856. The van der Waals surface area contributed by atoms with Gasteiger partial charge in [-0.2, -0.15) is 0 Å². The van der Waals surface area contributed by atoms with Crippen LogP contribution in [-0.4, -0.2) is 23.0 Å². The molecule has 1 heterocycles. The number of hydrogen-bond acceptors (Lipinski definition) is 4. The van der Waals surface area contributed by atoms with Gasteiger partial charge < -0.3 is 15.2 Å². The maximum absolute atomic E-state index is 12.9. The predicted molar refractivity (Wildman–Crippen MR) is 122 cm³/mol. The van der Waals surface area contributed by atoms with E-state index in [9.17, 15) is 9.59 Å². The van der Waals surface area contributed by atoms with Crippen LogP contribution in [0.4, 0.5) is 0 Å². The van der Waals surface area contributed by atoms with Crippen molar-refractivity contribution in [2.45, 2.75) is 39.8 Å². The van der Waals surface area contributed by atoms with E-state index >= 15 is 0 Å². The zero-order valence-electron chi connectivity index (χ0n) is 17.5. The number of halogens is 2. The van der Waals surface area contributed by atoms with Crippen molar-refractivity contribution in [3.8, 4) is 11.3 Å². The summed E-state index contributed by atoms with van der Waals surface area (Å²) in [6.07, 6.45) is 0.845. The lowest BCUT2D eigenvalue weighted by Gasteiger charge is -2.12. The predicted octanol–water partition coefficient (Wildman–Crippen LogP) is 5.42. The zero-order chi connectivity index (χ0) is 22.5. The molecule has 1 aromatic heterocycles. The van der Waals surface area contributed by atoms with Gasteiger partial charge in [0.2, 0.25) is 0 Å². The van der Waals surface area contributed by atoms with E-state index in [2.05, 4.69) is 15.8 Å². The quantitative estimate of drug-likeness (QED) is 0.494. The van der Waals surface area contributed by atoms with Crippen LogP contribution in [0.3, 0.4) is 0 Å². The molecule has 3 rings (SSSR count). The number of nitrogens with zero attached hydrogens (tertiary/aromatic N) is 1. The Morgan fingerprint density at radius 2 is 1.77 bits per heavy atom. The Bertz CT molecular complexity index is 1090. The van der Waals surface area contributed by atoms with E-state index in [4.69, 9.17) is 27.7 Å². The van der Waals surface area contributed by atoms with Gasteiger partial charge in [0.05, 0.1) is 10.0 Å². The smallest absolute Gasteiger partial charge is 0.257 e. The molecule has 3 aromatic rings. The van der Waals surface area contributed by atoms with Crippen LogP contribution in [0.5, 0.6) is 0 Å². The lowest BCUT2D eigenvalue weighted by atomic mass is 10.0. The largest absolute Gasteiger partial charge is 0.360 e. The molecule has 6 nitrogen and oxygen atoms in total. The van der Waals surface area contributed by atoms with Gasteiger partial charge in [-0.15, -0.1) is 0 Å². The summed E-state index contributed by atoms with van der Waals surface area (Å²) < 4.78 is 5.25. The van der Waals surface area contributed by atoms with Gasteiger partial charge in [0.25, 0.3) is 11.8 Å². The number of carbonyl (C=O) groups excluding carboxylic acids is 2. The minimum atomic E-state index is -0.376. The maximum atomic E-state index is 12.9. The van der Waals surface area contributed by atoms with Crippen molar-refractivity contribution >= 4 is 35.0 Å². The average Bonchev–Trinajstić information content (AvgIpc) is 3.13. The monoisotopic (exact) mass is 459 g/mol. The van der Waals surface area contributed by atoms with Crippen LogP contribution in [0, 0.1) is 6.92 Å². The lowest BCUT2D eigenvalue weighted by molar-refractivity contribution is 0.0936.